The van der Waals surface area contributed by atoms with E-state index in [0.717, 1.165) is 12.1 Å². The van der Waals surface area contributed by atoms with Crippen LogP contribution in [0.5, 0.6) is 11.5 Å². The summed E-state index contributed by atoms with van der Waals surface area (Å²) in [5.41, 5.74) is -1.87. The summed E-state index contributed by atoms with van der Waals surface area (Å²) in [6.07, 6.45) is -0.0377. The van der Waals surface area contributed by atoms with Crippen LogP contribution in [0.25, 0.3) is 10.8 Å². The van der Waals surface area contributed by atoms with Crippen LogP contribution in [0.1, 0.15) is 51.1 Å². The summed E-state index contributed by atoms with van der Waals surface area (Å²) in [5, 5.41) is 40.0. The molecule has 0 aliphatic heterocycles. The average molecular weight is 549 g/mol. The van der Waals surface area contributed by atoms with E-state index in [0.29, 0.717) is 0 Å². The van der Waals surface area contributed by atoms with Crippen molar-refractivity contribution in [1.29, 1.82) is 0 Å². The molecule has 0 amide bonds. The van der Waals surface area contributed by atoms with Gasteiger partial charge in [-0.2, -0.15) is 0 Å². The summed E-state index contributed by atoms with van der Waals surface area (Å²) in [5.74, 6) is -4.18. The minimum Gasteiger partial charge on any atom is -0.506 e. The van der Waals surface area contributed by atoms with Crippen LogP contribution >= 0.6 is 0 Å². The third kappa shape index (κ3) is 4.50. The van der Waals surface area contributed by atoms with Crippen LogP contribution in [0.4, 0.5) is 0 Å². The summed E-state index contributed by atoms with van der Waals surface area (Å²) in [4.78, 5) is 25.6. The summed E-state index contributed by atoms with van der Waals surface area (Å²) in [6.45, 7) is -0.754. The number of aromatic hydroxyl groups is 2. The number of fused-ring (bicyclic) bond motifs is 3. The number of sulfone groups is 2. The predicted octanol–water partition coefficient (Wildman–Crippen LogP) is 1.73. The number of carbonyl (C=O) groups excluding carboxylic acids is 2. The van der Waals surface area contributed by atoms with E-state index in [-0.39, 0.29) is 36.6 Å². The molecule has 4 N–H and O–H groups in total. The summed E-state index contributed by atoms with van der Waals surface area (Å²) in [6, 6.07) is 7.62. The van der Waals surface area contributed by atoms with Gasteiger partial charge in [0.25, 0.3) is 0 Å². The topological polar surface area (TPSA) is 183 Å². The van der Waals surface area contributed by atoms with Gasteiger partial charge in [-0.1, -0.05) is 24.3 Å². The van der Waals surface area contributed by atoms with Crippen molar-refractivity contribution < 1.29 is 46.9 Å². The molecule has 0 spiro atoms. The van der Waals surface area contributed by atoms with E-state index in [1.165, 1.54) is 12.1 Å². The SMILES string of the molecule is O=C1c2cc(S(=O)(=O)CCCO)c(S(=O)(=O)CCCCO)cc2C(=O)c2c1c(O)c1ccccc1c2O. The van der Waals surface area contributed by atoms with Crippen LogP contribution in [-0.4, -0.2) is 73.5 Å². The van der Waals surface area contributed by atoms with Gasteiger partial charge < -0.3 is 20.4 Å². The highest BCUT2D eigenvalue weighted by molar-refractivity contribution is 7.94. The normalized spacial score (nSPS) is 13.6. The summed E-state index contributed by atoms with van der Waals surface area (Å²) >= 11 is 0. The van der Waals surface area contributed by atoms with Gasteiger partial charge >= 0.3 is 0 Å². The largest absolute Gasteiger partial charge is 0.506 e. The Labute approximate surface area is 212 Å². The first-order chi connectivity index (χ1) is 17.5. The molecule has 0 unspecified atom stereocenters. The molecule has 0 saturated heterocycles. The zero-order valence-corrected chi connectivity index (χ0v) is 21.1. The lowest BCUT2D eigenvalue weighted by atomic mass is 9.81. The lowest BCUT2D eigenvalue weighted by Gasteiger charge is -2.23. The molecular weight excluding hydrogens is 524 g/mol. The molecule has 3 aromatic carbocycles. The van der Waals surface area contributed by atoms with E-state index >= 15 is 0 Å². The highest BCUT2D eigenvalue weighted by atomic mass is 32.2. The van der Waals surface area contributed by atoms with Gasteiger partial charge in [-0.15, -0.1) is 0 Å². The lowest BCUT2D eigenvalue weighted by Crippen LogP contribution is -2.24. The molecule has 196 valence electrons. The number of hydrogen-bond acceptors (Lipinski definition) is 10. The van der Waals surface area contributed by atoms with Crippen molar-refractivity contribution in [3.05, 3.63) is 58.7 Å². The smallest absolute Gasteiger partial charge is 0.198 e. The molecule has 37 heavy (non-hydrogen) atoms. The molecule has 0 heterocycles. The van der Waals surface area contributed by atoms with E-state index in [2.05, 4.69) is 0 Å². The number of aliphatic hydroxyl groups excluding tert-OH is 2. The number of phenols is 2. The molecule has 3 aromatic rings. The Kier molecular flexibility index (Phi) is 7.12. The second kappa shape index (κ2) is 9.86. The number of aliphatic hydroxyl groups is 2. The van der Waals surface area contributed by atoms with Gasteiger partial charge in [0.2, 0.25) is 0 Å². The average Bonchev–Trinajstić information content (AvgIpc) is 2.87. The number of benzene rings is 3. The van der Waals surface area contributed by atoms with Crippen LogP contribution in [0.15, 0.2) is 46.2 Å². The number of unbranched alkanes of at least 4 members (excludes halogenated alkanes) is 1. The summed E-state index contributed by atoms with van der Waals surface area (Å²) < 4.78 is 52.6. The van der Waals surface area contributed by atoms with E-state index in [4.69, 9.17) is 10.2 Å². The Morgan fingerprint density at radius 2 is 1.03 bits per heavy atom. The third-order valence-corrected chi connectivity index (χ3v) is 10.0. The predicted molar refractivity (Wildman–Crippen MR) is 133 cm³/mol. The molecule has 12 heteroatoms. The van der Waals surface area contributed by atoms with Crippen molar-refractivity contribution in [3.8, 4) is 11.5 Å². The molecule has 0 bridgehead atoms. The van der Waals surface area contributed by atoms with Crippen LogP contribution in [0, 0.1) is 0 Å². The van der Waals surface area contributed by atoms with Crippen molar-refractivity contribution in [3.63, 3.8) is 0 Å². The molecule has 0 radical (unpaired) electrons. The quantitative estimate of drug-likeness (QED) is 0.177. The fourth-order valence-electron chi connectivity index (χ4n) is 4.41. The first-order valence-corrected chi connectivity index (χ1v) is 14.7. The Hall–Kier alpha value is -3.32. The van der Waals surface area contributed by atoms with Gasteiger partial charge in [-0.25, -0.2) is 16.8 Å². The molecule has 0 fully saturated rings. The lowest BCUT2D eigenvalue weighted by molar-refractivity contribution is 0.0974. The van der Waals surface area contributed by atoms with Crippen LogP contribution in [-0.2, 0) is 19.7 Å². The highest BCUT2D eigenvalue weighted by Crippen LogP contribution is 2.45. The zero-order valence-electron chi connectivity index (χ0n) is 19.5. The molecule has 4 rings (SSSR count). The Morgan fingerprint density at radius 3 is 1.43 bits per heavy atom. The molecule has 1 aliphatic carbocycles. The number of phenolic OH excluding ortho intramolecular Hbond substituents is 2. The van der Waals surface area contributed by atoms with Gasteiger partial charge in [0.15, 0.2) is 31.2 Å². The second-order valence-corrected chi connectivity index (χ2v) is 12.8. The first-order valence-electron chi connectivity index (χ1n) is 11.4. The zero-order chi connectivity index (χ0) is 27.1. The van der Waals surface area contributed by atoms with E-state index in [1.54, 1.807) is 12.1 Å². The van der Waals surface area contributed by atoms with Crippen molar-refractivity contribution >= 4 is 42.0 Å². The maximum Gasteiger partial charge on any atom is 0.198 e. The van der Waals surface area contributed by atoms with Crippen molar-refractivity contribution in [2.45, 2.75) is 29.1 Å². The van der Waals surface area contributed by atoms with Gasteiger partial charge in [-0.3, -0.25) is 9.59 Å². The third-order valence-electron chi connectivity index (χ3n) is 6.25. The Balaban J connectivity index is 2.02. The maximum atomic E-state index is 13.5. The molecule has 0 saturated carbocycles. The Morgan fingerprint density at radius 1 is 0.622 bits per heavy atom. The van der Waals surface area contributed by atoms with Crippen molar-refractivity contribution in [2.24, 2.45) is 0 Å². The van der Waals surface area contributed by atoms with Crippen LogP contribution in [0.3, 0.4) is 0 Å². The minimum absolute atomic E-state index is 0.0163. The first kappa shape index (κ1) is 26.7. The van der Waals surface area contributed by atoms with Crippen LogP contribution in [0.2, 0.25) is 0 Å². The molecule has 0 atom stereocenters. The number of hydrogen-bond donors (Lipinski definition) is 4. The minimum atomic E-state index is -4.34. The molecular formula is C25H24O10S2. The van der Waals surface area contributed by atoms with E-state index in [1.807, 2.05) is 0 Å². The van der Waals surface area contributed by atoms with E-state index in [9.17, 15) is 36.6 Å². The fourth-order valence-corrected chi connectivity index (χ4v) is 8.03. The standard InChI is InChI=1S/C25H24O10S2/c26-8-3-4-10-36(32,33)18-12-16-17(13-19(18)37(34,35)11-5-9-27)25(31)21-20(24(16)30)22(28)14-6-1-2-7-15(14)23(21)29/h1-2,6-7,12-13,26-29H,3-5,8-11H2. The van der Waals surface area contributed by atoms with Crippen LogP contribution < -0.4 is 0 Å². The Bertz CT molecular complexity index is 1650. The molecule has 10 nitrogen and oxygen atoms in total. The van der Waals surface area contributed by atoms with E-state index < -0.39 is 92.9 Å². The number of carbonyl (C=O) groups is 2. The number of rotatable bonds is 9. The second-order valence-electron chi connectivity index (χ2n) is 8.64. The summed E-state index contributed by atoms with van der Waals surface area (Å²) in [7, 11) is -8.64. The van der Waals surface area contributed by atoms with Crippen molar-refractivity contribution in [2.75, 3.05) is 24.7 Å². The van der Waals surface area contributed by atoms with Gasteiger partial charge in [0, 0.05) is 35.1 Å². The number of ketones is 2. The monoisotopic (exact) mass is 548 g/mol. The maximum absolute atomic E-state index is 13.5. The molecule has 1 aliphatic rings. The molecule has 0 aromatic heterocycles. The van der Waals surface area contributed by atoms with Gasteiger partial charge in [0.1, 0.15) is 11.5 Å². The highest BCUT2D eigenvalue weighted by Gasteiger charge is 2.39. The van der Waals surface area contributed by atoms with Gasteiger partial charge in [0.05, 0.1) is 32.4 Å². The van der Waals surface area contributed by atoms with Crippen molar-refractivity contribution in [1.82, 2.24) is 0 Å². The fraction of sp³-hybridized carbons (Fsp3) is 0.280. The van der Waals surface area contributed by atoms with Gasteiger partial charge in [-0.05, 0) is 31.4 Å².